The number of fused-ring (bicyclic) bond motifs is 2. The molecule has 0 aliphatic carbocycles. The van der Waals surface area contributed by atoms with Gasteiger partial charge in [0.15, 0.2) is 5.82 Å². The van der Waals surface area contributed by atoms with Crippen molar-refractivity contribution in [3.8, 4) is 29.6 Å². The second-order valence-electron chi connectivity index (χ2n) is 8.70. The van der Waals surface area contributed by atoms with Gasteiger partial charge in [-0.2, -0.15) is 9.97 Å². The van der Waals surface area contributed by atoms with Crippen LogP contribution < -0.4 is 15.0 Å². The van der Waals surface area contributed by atoms with Crippen molar-refractivity contribution >= 4 is 27.5 Å². The molecule has 0 bridgehead atoms. The molecule has 0 saturated carbocycles. The van der Waals surface area contributed by atoms with Gasteiger partial charge in [0.05, 0.1) is 12.5 Å². The van der Waals surface area contributed by atoms with Crippen molar-refractivity contribution in [2.24, 2.45) is 0 Å². The summed E-state index contributed by atoms with van der Waals surface area (Å²) in [5, 5.41) is 5.85. The normalized spacial score (nSPS) is 19.7. The summed E-state index contributed by atoms with van der Waals surface area (Å²) in [6, 6.07) is 11.5. The zero-order valence-corrected chi connectivity index (χ0v) is 18.2. The lowest BCUT2D eigenvalue weighted by molar-refractivity contribution is 0.235. The second-order valence-corrected chi connectivity index (χ2v) is 8.70. The molecule has 1 N–H and O–H groups in total. The lowest BCUT2D eigenvalue weighted by Gasteiger charge is -2.39. The van der Waals surface area contributed by atoms with E-state index in [0.29, 0.717) is 22.3 Å². The third-order valence-electron chi connectivity index (χ3n) is 6.90. The third kappa shape index (κ3) is 3.02. The first-order chi connectivity index (χ1) is 16.1. The molecule has 164 valence electrons. The van der Waals surface area contributed by atoms with Crippen molar-refractivity contribution in [3.05, 3.63) is 54.0 Å². The molecule has 1 atom stereocenters. The van der Waals surface area contributed by atoms with Crippen LogP contribution in [0, 0.1) is 18.2 Å². The number of ether oxygens (including phenoxy) is 1. The van der Waals surface area contributed by atoms with Crippen LogP contribution in [-0.4, -0.2) is 47.2 Å². The molecule has 2 aliphatic rings. The Labute approximate surface area is 190 Å². The van der Waals surface area contributed by atoms with Crippen LogP contribution in [-0.2, 0) is 0 Å². The number of hydrogen-bond donors (Lipinski definition) is 1. The van der Waals surface area contributed by atoms with E-state index in [4.69, 9.17) is 11.2 Å². The number of nitrogens with one attached hydrogen (secondary N) is 1. The predicted octanol–water partition coefficient (Wildman–Crippen LogP) is 3.92. The van der Waals surface area contributed by atoms with Crippen LogP contribution in [0.2, 0.25) is 0 Å². The molecule has 0 radical (unpaired) electrons. The number of aromatic nitrogens is 3. The monoisotopic (exact) mass is 439 g/mol. The summed E-state index contributed by atoms with van der Waals surface area (Å²) in [5.41, 5.74) is 1.87. The maximum Gasteiger partial charge on any atom is 0.318 e. The topological polar surface area (TPSA) is 63.2 Å². The van der Waals surface area contributed by atoms with Gasteiger partial charge >= 0.3 is 6.01 Å². The lowest BCUT2D eigenvalue weighted by Crippen LogP contribution is -2.58. The molecule has 2 aromatic carbocycles. The van der Waals surface area contributed by atoms with Crippen LogP contribution in [0.4, 0.5) is 10.2 Å². The molecule has 2 aromatic heterocycles. The van der Waals surface area contributed by atoms with Gasteiger partial charge in [0.1, 0.15) is 17.0 Å². The van der Waals surface area contributed by atoms with E-state index in [2.05, 4.69) is 31.1 Å². The highest BCUT2D eigenvalue weighted by molar-refractivity contribution is 6.02. The van der Waals surface area contributed by atoms with Crippen LogP contribution in [0.25, 0.3) is 32.9 Å². The highest BCUT2D eigenvalue weighted by atomic mass is 19.1. The van der Waals surface area contributed by atoms with Gasteiger partial charge in [0.25, 0.3) is 0 Å². The number of methoxy groups -OCH3 is 1. The first-order valence-corrected chi connectivity index (χ1v) is 11.0. The lowest BCUT2D eigenvalue weighted by atomic mass is 9.87. The Morgan fingerprint density at radius 2 is 2.00 bits per heavy atom. The standard InChI is InChI=1S/C26H22FN5O/c1-3-16-6-4-7-17-8-5-9-18(20(16)17)22-21(27)23-19(14-28-22)24(31-25(30-23)33-2)32-13-11-26(15-32)10-12-29-26/h1,4-9,14,29H,10-13,15H2,2H3. The van der Waals surface area contributed by atoms with Crippen LogP contribution in [0.3, 0.4) is 0 Å². The molecule has 1 unspecified atom stereocenters. The van der Waals surface area contributed by atoms with Crippen LogP contribution in [0.5, 0.6) is 6.01 Å². The first kappa shape index (κ1) is 19.9. The maximum atomic E-state index is 16.0. The van der Waals surface area contributed by atoms with Gasteiger partial charge in [-0.3, -0.25) is 4.98 Å². The van der Waals surface area contributed by atoms with Crippen molar-refractivity contribution in [2.75, 3.05) is 31.6 Å². The molecule has 2 fully saturated rings. The largest absolute Gasteiger partial charge is 0.467 e. The molecule has 4 aromatic rings. The zero-order chi connectivity index (χ0) is 22.6. The number of rotatable bonds is 3. The maximum absolute atomic E-state index is 16.0. The fourth-order valence-corrected chi connectivity index (χ4v) is 5.08. The molecular weight excluding hydrogens is 417 g/mol. The highest BCUT2D eigenvalue weighted by Crippen LogP contribution is 2.38. The molecule has 2 aliphatic heterocycles. The average Bonchev–Trinajstić information content (AvgIpc) is 3.30. The van der Waals surface area contributed by atoms with Crippen molar-refractivity contribution in [1.29, 1.82) is 0 Å². The van der Waals surface area contributed by atoms with E-state index in [1.54, 1.807) is 6.20 Å². The summed E-state index contributed by atoms with van der Waals surface area (Å²) in [6.07, 6.45) is 9.58. The fourth-order valence-electron chi connectivity index (χ4n) is 5.08. The minimum Gasteiger partial charge on any atom is -0.467 e. The van der Waals surface area contributed by atoms with E-state index < -0.39 is 5.82 Å². The van der Waals surface area contributed by atoms with Gasteiger partial charge in [-0.1, -0.05) is 36.3 Å². The van der Waals surface area contributed by atoms with Crippen molar-refractivity contribution in [2.45, 2.75) is 18.4 Å². The average molecular weight is 439 g/mol. The number of nitrogens with zero attached hydrogens (tertiary/aromatic N) is 4. The van der Waals surface area contributed by atoms with Gasteiger partial charge in [-0.25, -0.2) is 4.39 Å². The number of benzene rings is 2. The molecular formula is C26H22FN5O. The molecule has 33 heavy (non-hydrogen) atoms. The Kier molecular flexibility index (Phi) is 4.46. The Morgan fingerprint density at radius 3 is 2.70 bits per heavy atom. The first-order valence-electron chi connectivity index (χ1n) is 11.0. The molecule has 0 amide bonds. The van der Waals surface area contributed by atoms with Gasteiger partial charge in [-0.05, 0) is 30.8 Å². The molecule has 6 rings (SSSR count). The Morgan fingerprint density at radius 1 is 1.18 bits per heavy atom. The molecule has 4 heterocycles. The number of terminal acetylenes is 1. The highest BCUT2D eigenvalue weighted by Gasteiger charge is 2.43. The van der Waals surface area contributed by atoms with Gasteiger partial charge in [0, 0.05) is 41.3 Å². The number of hydrogen-bond acceptors (Lipinski definition) is 6. The third-order valence-corrected chi connectivity index (χ3v) is 6.90. The SMILES string of the molecule is C#Cc1cccc2cccc(-c3ncc4c(N5CCC6(CCN6)C5)nc(OC)nc4c3F)c12. The smallest absolute Gasteiger partial charge is 0.318 e. The number of halogens is 1. The van der Waals surface area contributed by atoms with Crippen LogP contribution >= 0.6 is 0 Å². The van der Waals surface area contributed by atoms with Crippen LogP contribution in [0.15, 0.2) is 42.6 Å². The van der Waals surface area contributed by atoms with E-state index in [-0.39, 0.29) is 22.8 Å². The second kappa shape index (κ2) is 7.39. The van der Waals surface area contributed by atoms with Crippen molar-refractivity contribution < 1.29 is 9.13 Å². The molecule has 2 saturated heterocycles. The van der Waals surface area contributed by atoms with Crippen LogP contribution in [0.1, 0.15) is 18.4 Å². The summed E-state index contributed by atoms with van der Waals surface area (Å²) < 4.78 is 21.4. The van der Waals surface area contributed by atoms with Gasteiger partial charge < -0.3 is 15.0 Å². The van der Waals surface area contributed by atoms with Crippen molar-refractivity contribution in [3.63, 3.8) is 0 Å². The predicted molar refractivity (Wildman–Crippen MR) is 127 cm³/mol. The molecule has 7 heteroatoms. The summed E-state index contributed by atoms with van der Waals surface area (Å²) in [6.45, 7) is 2.69. The molecule has 6 nitrogen and oxygen atoms in total. The van der Waals surface area contributed by atoms with Crippen molar-refractivity contribution in [1.82, 2.24) is 20.3 Å². The Balaban J connectivity index is 1.55. The quantitative estimate of drug-likeness (QED) is 0.489. The summed E-state index contributed by atoms with van der Waals surface area (Å²) in [7, 11) is 1.49. The zero-order valence-electron chi connectivity index (χ0n) is 18.2. The van der Waals surface area contributed by atoms with Gasteiger partial charge in [0.2, 0.25) is 0 Å². The van der Waals surface area contributed by atoms with E-state index in [0.717, 1.165) is 43.2 Å². The Bertz CT molecular complexity index is 1450. The summed E-state index contributed by atoms with van der Waals surface area (Å²) in [4.78, 5) is 15.7. The fraction of sp³-hybridized carbons (Fsp3) is 0.269. The number of anilines is 1. The summed E-state index contributed by atoms with van der Waals surface area (Å²) >= 11 is 0. The van der Waals surface area contributed by atoms with E-state index in [9.17, 15) is 0 Å². The number of pyridine rings is 1. The van der Waals surface area contributed by atoms with E-state index >= 15 is 4.39 Å². The minimum absolute atomic E-state index is 0.130. The Hall–Kier alpha value is -3.76. The molecule has 1 spiro atoms. The summed E-state index contributed by atoms with van der Waals surface area (Å²) in [5.74, 6) is 2.86. The van der Waals surface area contributed by atoms with Gasteiger partial charge in [-0.15, -0.1) is 6.42 Å². The van der Waals surface area contributed by atoms with E-state index in [1.807, 2.05) is 36.4 Å². The minimum atomic E-state index is -0.510. The van der Waals surface area contributed by atoms with E-state index in [1.165, 1.54) is 7.11 Å².